The highest BCUT2D eigenvalue weighted by atomic mass is 79.9. The fourth-order valence-electron chi connectivity index (χ4n) is 2.11. The van der Waals surface area contributed by atoms with E-state index < -0.39 is 0 Å². The summed E-state index contributed by atoms with van der Waals surface area (Å²) in [6.45, 7) is 4.68. The highest BCUT2D eigenvalue weighted by Crippen LogP contribution is 2.24. The predicted molar refractivity (Wildman–Crippen MR) is 93.0 cm³/mol. The maximum absolute atomic E-state index is 12.2. The Labute approximate surface area is 139 Å². The Bertz CT molecular complexity index is 649. The van der Waals surface area contributed by atoms with E-state index in [-0.39, 0.29) is 11.8 Å². The smallest absolute Gasteiger partial charge is 0.244 e. The van der Waals surface area contributed by atoms with Crippen molar-refractivity contribution in [2.75, 3.05) is 0 Å². The minimum atomic E-state index is -0.0802. The molecule has 0 radical (unpaired) electrons. The van der Waals surface area contributed by atoms with Gasteiger partial charge in [0.1, 0.15) is 0 Å². The Kier molecular flexibility index (Phi) is 5.90. The Morgan fingerprint density at radius 3 is 2.41 bits per heavy atom. The number of rotatable bonds is 5. The Balaban J connectivity index is 2.09. The molecule has 22 heavy (non-hydrogen) atoms. The van der Waals surface area contributed by atoms with Gasteiger partial charge in [0.05, 0.1) is 0 Å². The lowest BCUT2D eigenvalue weighted by Gasteiger charge is -2.12. The molecule has 114 valence electrons. The van der Waals surface area contributed by atoms with Gasteiger partial charge < -0.3 is 5.32 Å². The van der Waals surface area contributed by atoms with Gasteiger partial charge in [0.2, 0.25) is 5.91 Å². The summed E-state index contributed by atoms with van der Waals surface area (Å²) < 4.78 is 1.03. The number of allylic oxidation sites excluding steroid dienone is 1. The lowest BCUT2D eigenvalue weighted by molar-refractivity contribution is -0.116. The van der Waals surface area contributed by atoms with Crippen LogP contribution in [0.25, 0.3) is 5.57 Å². The third-order valence-corrected chi connectivity index (χ3v) is 3.83. The van der Waals surface area contributed by atoms with Gasteiger partial charge in [-0.2, -0.15) is 0 Å². The zero-order valence-corrected chi connectivity index (χ0v) is 14.3. The molecule has 1 amide bonds. The summed E-state index contributed by atoms with van der Waals surface area (Å²) >= 11 is 3.43. The number of hydrogen-bond donors (Lipinski definition) is 1. The van der Waals surface area contributed by atoms with E-state index >= 15 is 0 Å². The first kappa shape index (κ1) is 16.4. The molecule has 2 rings (SSSR count). The van der Waals surface area contributed by atoms with Crippen LogP contribution in [0.3, 0.4) is 0 Å². The quantitative estimate of drug-likeness (QED) is 0.813. The molecule has 1 heterocycles. The second-order valence-corrected chi connectivity index (χ2v) is 6.25. The first-order valence-electron chi connectivity index (χ1n) is 7.20. The van der Waals surface area contributed by atoms with Gasteiger partial charge in [-0.05, 0) is 46.9 Å². The molecule has 0 fully saturated rings. The van der Waals surface area contributed by atoms with Crippen molar-refractivity contribution in [3.05, 3.63) is 70.5 Å². The number of aromatic nitrogens is 1. The van der Waals surface area contributed by atoms with Crippen molar-refractivity contribution in [2.24, 2.45) is 5.92 Å². The SMILES string of the molecule is CC(C)/C(=C\C(=O)NCc1ccncc1)c1ccc(Br)cc1. The molecule has 0 unspecified atom stereocenters. The van der Waals surface area contributed by atoms with Gasteiger partial charge in [0, 0.05) is 29.5 Å². The summed E-state index contributed by atoms with van der Waals surface area (Å²) in [7, 11) is 0. The van der Waals surface area contributed by atoms with E-state index in [4.69, 9.17) is 0 Å². The average molecular weight is 359 g/mol. The highest BCUT2D eigenvalue weighted by molar-refractivity contribution is 9.10. The topological polar surface area (TPSA) is 42.0 Å². The molecule has 0 spiro atoms. The largest absolute Gasteiger partial charge is 0.348 e. The summed E-state index contributed by atoms with van der Waals surface area (Å²) in [6.07, 6.45) is 5.13. The maximum atomic E-state index is 12.2. The second-order valence-electron chi connectivity index (χ2n) is 5.33. The molecule has 0 saturated heterocycles. The number of halogens is 1. The van der Waals surface area contributed by atoms with Crippen LogP contribution in [0.2, 0.25) is 0 Å². The molecule has 0 aliphatic heterocycles. The predicted octanol–water partition coefficient (Wildman–Crippen LogP) is 4.20. The van der Waals surface area contributed by atoms with E-state index in [1.165, 1.54) is 0 Å². The molecule has 2 aromatic rings. The van der Waals surface area contributed by atoms with Gasteiger partial charge in [-0.3, -0.25) is 9.78 Å². The van der Waals surface area contributed by atoms with Gasteiger partial charge in [-0.25, -0.2) is 0 Å². The number of pyridine rings is 1. The van der Waals surface area contributed by atoms with E-state index in [0.717, 1.165) is 21.2 Å². The molecule has 4 heteroatoms. The summed E-state index contributed by atoms with van der Waals surface area (Å²) in [4.78, 5) is 16.1. The van der Waals surface area contributed by atoms with Crippen LogP contribution in [0.15, 0.2) is 59.3 Å². The first-order valence-corrected chi connectivity index (χ1v) is 8.00. The zero-order valence-electron chi connectivity index (χ0n) is 12.7. The Morgan fingerprint density at radius 2 is 1.82 bits per heavy atom. The lowest BCUT2D eigenvalue weighted by atomic mass is 9.95. The van der Waals surface area contributed by atoms with E-state index in [1.54, 1.807) is 18.5 Å². The molecule has 0 aliphatic rings. The minimum absolute atomic E-state index is 0.0802. The lowest BCUT2D eigenvalue weighted by Crippen LogP contribution is -2.21. The average Bonchev–Trinajstić information content (AvgIpc) is 2.52. The van der Waals surface area contributed by atoms with Crippen LogP contribution < -0.4 is 5.32 Å². The van der Waals surface area contributed by atoms with Crippen molar-refractivity contribution in [2.45, 2.75) is 20.4 Å². The molecule has 1 N–H and O–H groups in total. The van der Waals surface area contributed by atoms with E-state index in [2.05, 4.69) is 40.1 Å². The number of carbonyl (C=O) groups is 1. The Morgan fingerprint density at radius 1 is 1.18 bits per heavy atom. The second kappa shape index (κ2) is 7.90. The van der Waals surface area contributed by atoms with E-state index in [9.17, 15) is 4.79 Å². The van der Waals surface area contributed by atoms with Crippen molar-refractivity contribution >= 4 is 27.4 Å². The van der Waals surface area contributed by atoms with Crippen LogP contribution in [-0.2, 0) is 11.3 Å². The number of amides is 1. The third-order valence-electron chi connectivity index (χ3n) is 3.30. The molecule has 1 aromatic carbocycles. The fraction of sp³-hybridized carbons (Fsp3) is 0.222. The maximum Gasteiger partial charge on any atom is 0.244 e. The molecule has 0 atom stereocenters. The summed E-state index contributed by atoms with van der Waals surface area (Å²) in [6, 6.07) is 11.8. The van der Waals surface area contributed by atoms with Gasteiger partial charge in [-0.1, -0.05) is 41.9 Å². The van der Waals surface area contributed by atoms with Gasteiger partial charge >= 0.3 is 0 Å². The molecule has 0 bridgehead atoms. The zero-order chi connectivity index (χ0) is 15.9. The van der Waals surface area contributed by atoms with E-state index in [0.29, 0.717) is 6.54 Å². The number of carbonyl (C=O) groups excluding carboxylic acids is 1. The van der Waals surface area contributed by atoms with E-state index in [1.807, 2.05) is 36.4 Å². The standard InChI is InChI=1S/C18H19BrN2O/c1-13(2)17(15-3-5-16(19)6-4-15)11-18(22)21-12-14-7-9-20-10-8-14/h3-11,13H,12H2,1-2H3,(H,21,22)/b17-11+. The molecule has 1 aromatic heterocycles. The van der Waals surface area contributed by atoms with Crippen molar-refractivity contribution in [1.82, 2.24) is 10.3 Å². The van der Waals surface area contributed by atoms with Crippen LogP contribution in [0, 0.1) is 5.92 Å². The fourth-order valence-corrected chi connectivity index (χ4v) is 2.37. The number of nitrogens with zero attached hydrogens (tertiary/aromatic N) is 1. The summed E-state index contributed by atoms with van der Waals surface area (Å²) in [5, 5.41) is 2.91. The van der Waals surface area contributed by atoms with Crippen LogP contribution in [-0.4, -0.2) is 10.9 Å². The molecular weight excluding hydrogens is 340 g/mol. The van der Waals surface area contributed by atoms with Gasteiger partial charge in [-0.15, -0.1) is 0 Å². The number of benzene rings is 1. The molecule has 0 aliphatic carbocycles. The monoisotopic (exact) mass is 358 g/mol. The third kappa shape index (κ3) is 4.81. The van der Waals surface area contributed by atoms with Crippen molar-refractivity contribution in [3.63, 3.8) is 0 Å². The van der Waals surface area contributed by atoms with Gasteiger partial charge in [0.25, 0.3) is 0 Å². The summed E-state index contributed by atoms with van der Waals surface area (Å²) in [5.74, 6) is 0.191. The van der Waals surface area contributed by atoms with Crippen LogP contribution >= 0.6 is 15.9 Å². The molecule has 0 saturated carbocycles. The highest BCUT2D eigenvalue weighted by Gasteiger charge is 2.09. The minimum Gasteiger partial charge on any atom is -0.348 e. The van der Waals surface area contributed by atoms with Crippen LogP contribution in [0.1, 0.15) is 25.0 Å². The van der Waals surface area contributed by atoms with Crippen molar-refractivity contribution in [3.8, 4) is 0 Å². The normalized spacial score (nSPS) is 11.5. The number of nitrogens with one attached hydrogen (secondary N) is 1. The first-order chi connectivity index (χ1) is 10.6. The number of hydrogen-bond acceptors (Lipinski definition) is 2. The summed E-state index contributed by atoms with van der Waals surface area (Å²) in [5.41, 5.74) is 3.13. The van der Waals surface area contributed by atoms with Crippen LogP contribution in [0.4, 0.5) is 0 Å². The van der Waals surface area contributed by atoms with Crippen LogP contribution in [0.5, 0.6) is 0 Å². The van der Waals surface area contributed by atoms with Gasteiger partial charge in [0.15, 0.2) is 0 Å². The van der Waals surface area contributed by atoms with Crippen molar-refractivity contribution in [1.29, 1.82) is 0 Å². The van der Waals surface area contributed by atoms with Crippen molar-refractivity contribution < 1.29 is 4.79 Å². The Hall–Kier alpha value is -1.94. The molecule has 3 nitrogen and oxygen atoms in total. The molecular formula is C18H19BrN2O.